The van der Waals surface area contributed by atoms with Crippen molar-refractivity contribution in [2.24, 2.45) is 11.1 Å². The molecule has 0 aromatic heterocycles. The average Bonchev–Trinajstić information content (AvgIpc) is 2.44. The van der Waals surface area contributed by atoms with E-state index < -0.39 is 0 Å². The lowest BCUT2D eigenvalue weighted by Crippen LogP contribution is -2.39. The van der Waals surface area contributed by atoms with Gasteiger partial charge in [-0.15, -0.1) is 12.4 Å². The highest BCUT2D eigenvalue weighted by Gasteiger charge is 2.21. The molecule has 0 heterocycles. The van der Waals surface area contributed by atoms with Gasteiger partial charge in [0.1, 0.15) is 5.75 Å². The van der Waals surface area contributed by atoms with Crippen molar-refractivity contribution in [2.75, 3.05) is 27.2 Å². The summed E-state index contributed by atoms with van der Waals surface area (Å²) in [5, 5.41) is 0. The molecule has 21 heavy (non-hydrogen) atoms. The number of ether oxygens (including phenoxy) is 1. The smallest absolute Gasteiger partial charge is 0.222 e. The van der Waals surface area contributed by atoms with E-state index in [0.717, 1.165) is 11.3 Å². The third kappa shape index (κ3) is 6.36. The molecule has 0 atom stereocenters. The van der Waals surface area contributed by atoms with Crippen LogP contribution < -0.4 is 10.5 Å². The number of aryl methyl sites for hydroxylation is 1. The number of para-hydroxylation sites is 1. The summed E-state index contributed by atoms with van der Waals surface area (Å²) >= 11 is 0. The Morgan fingerprint density at radius 3 is 2.52 bits per heavy atom. The van der Waals surface area contributed by atoms with Crippen LogP contribution in [0.25, 0.3) is 0 Å². The number of rotatable bonds is 7. The zero-order valence-corrected chi connectivity index (χ0v) is 14.2. The van der Waals surface area contributed by atoms with Gasteiger partial charge in [0.05, 0.1) is 7.11 Å². The predicted molar refractivity (Wildman–Crippen MR) is 89.0 cm³/mol. The number of amides is 1. The molecule has 0 aliphatic carbocycles. The summed E-state index contributed by atoms with van der Waals surface area (Å²) in [5.41, 5.74) is 6.72. The molecule has 0 radical (unpaired) electrons. The van der Waals surface area contributed by atoms with Gasteiger partial charge in [-0.05, 0) is 30.0 Å². The summed E-state index contributed by atoms with van der Waals surface area (Å²) in [4.78, 5) is 13.9. The molecule has 0 fully saturated rings. The monoisotopic (exact) mass is 314 g/mol. The van der Waals surface area contributed by atoms with E-state index in [9.17, 15) is 4.79 Å². The summed E-state index contributed by atoms with van der Waals surface area (Å²) in [6.07, 6.45) is 1.17. The predicted octanol–water partition coefficient (Wildman–Crippen LogP) is 2.49. The van der Waals surface area contributed by atoms with Gasteiger partial charge in [-0.1, -0.05) is 32.0 Å². The number of methoxy groups -OCH3 is 1. The quantitative estimate of drug-likeness (QED) is 0.841. The molecule has 1 aromatic rings. The molecule has 0 aliphatic rings. The molecule has 1 amide bonds. The van der Waals surface area contributed by atoms with E-state index in [1.54, 1.807) is 12.0 Å². The summed E-state index contributed by atoms with van der Waals surface area (Å²) < 4.78 is 5.29. The van der Waals surface area contributed by atoms with Crippen molar-refractivity contribution in [2.45, 2.75) is 26.7 Å². The number of hydrogen-bond acceptors (Lipinski definition) is 3. The van der Waals surface area contributed by atoms with Crippen molar-refractivity contribution < 1.29 is 9.53 Å². The minimum atomic E-state index is -0.0468. The number of carbonyl (C=O) groups is 1. The van der Waals surface area contributed by atoms with Gasteiger partial charge < -0.3 is 15.4 Å². The molecule has 0 unspecified atom stereocenters. The Morgan fingerprint density at radius 1 is 1.33 bits per heavy atom. The molecule has 0 saturated heterocycles. The van der Waals surface area contributed by atoms with Crippen molar-refractivity contribution in [3.63, 3.8) is 0 Å². The van der Waals surface area contributed by atoms with Crippen LogP contribution in [-0.2, 0) is 11.2 Å². The van der Waals surface area contributed by atoms with Crippen molar-refractivity contribution in [3.8, 4) is 5.75 Å². The zero-order chi connectivity index (χ0) is 15.2. The second-order valence-electron chi connectivity index (χ2n) is 5.93. The van der Waals surface area contributed by atoms with Gasteiger partial charge in [-0.3, -0.25) is 4.79 Å². The number of carbonyl (C=O) groups excluding carboxylic acids is 1. The minimum absolute atomic E-state index is 0. The van der Waals surface area contributed by atoms with Gasteiger partial charge in [0, 0.05) is 20.0 Å². The van der Waals surface area contributed by atoms with Crippen LogP contribution in [-0.4, -0.2) is 38.1 Å². The summed E-state index contributed by atoms with van der Waals surface area (Å²) in [5.74, 6) is 0.975. The standard InChI is InChI=1S/C16H26N2O2.ClH/c1-16(2,11-17)12-18(3)15(19)10-9-13-7-5-6-8-14(13)20-4;/h5-8H,9-12,17H2,1-4H3;1H. The van der Waals surface area contributed by atoms with Crippen LogP contribution in [0.2, 0.25) is 0 Å². The zero-order valence-electron chi connectivity index (χ0n) is 13.4. The van der Waals surface area contributed by atoms with E-state index in [1.807, 2.05) is 31.3 Å². The summed E-state index contributed by atoms with van der Waals surface area (Å²) in [6.45, 7) is 5.37. The molecule has 2 N–H and O–H groups in total. The van der Waals surface area contributed by atoms with Gasteiger partial charge in [0.15, 0.2) is 0 Å². The SMILES string of the molecule is COc1ccccc1CCC(=O)N(C)CC(C)(C)CN.Cl. The van der Waals surface area contributed by atoms with Crippen molar-refractivity contribution >= 4 is 18.3 Å². The van der Waals surface area contributed by atoms with E-state index in [0.29, 0.717) is 25.9 Å². The number of benzene rings is 1. The Kier molecular flexibility index (Phi) is 8.37. The maximum absolute atomic E-state index is 12.2. The van der Waals surface area contributed by atoms with Crippen LogP contribution >= 0.6 is 12.4 Å². The lowest BCUT2D eigenvalue weighted by atomic mass is 9.93. The first kappa shape index (κ1) is 19.7. The molecular formula is C16H27ClN2O2. The van der Waals surface area contributed by atoms with E-state index in [1.165, 1.54) is 0 Å². The van der Waals surface area contributed by atoms with Crippen LogP contribution in [0.5, 0.6) is 5.75 Å². The van der Waals surface area contributed by atoms with Crippen LogP contribution in [0.1, 0.15) is 25.8 Å². The number of nitrogens with two attached hydrogens (primary N) is 1. The first-order valence-corrected chi connectivity index (χ1v) is 6.95. The molecular weight excluding hydrogens is 288 g/mol. The molecule has 4 nitrogen and oxygen atoms in total. The first-order valence-electron chi connectivity index (χ1n) is 6.95. The Morgan fingerprint density at radius 2 is 1.95 bits per heavy atom. The fraction of sp³-hybridized carbons (Fsp3) is 0.562. The van der Waals surface area contributed by atoms with Gasteiger partial charge in [0.25, 0.3) is 0 Å². The Bertz CT molecular complexity index is 450. The molecule has 5 heteroatoms. The van der Waals surface area contributed by atoms with Gasteiger partial charge in [-0.2, -0.15) is 0 Å². The maximum atomic E-state index is 12.2. The maximum Gasteiger partial charge on any atom is 0.222 e. The topological polar surface area (TPSA) is 55.6 Å². The van der Waals surface area contributed by atoms with Gasteiger partial charge in [-0.25, -0.2) is 0 Å². The van der Waals surface area contributed by atoms with Crippen LogP contribution in [0.15, 0.2) is 24.3 Å². The lowest BCUT2D eigenvalue weighted by Gasteiger charge is -2.29. The third-order valence-electron chi connectivity index (χ3n) is 3.44. The van der Waals surface area contributed by atoms with E-state index in [-0.39, 0.29) is 23.7 Å². The second kappa shape index (κ2) is 8.90. The molecule has 1 aromatic carbocycles. The number of hydrogen-bond donors (Lipinski definition) is 1. The normalized spacial score (nSPS) is 10.7. The molecule has 0 aliphatic heterocycles. The molecule has 120 valence electrons. The highest BCUT2D eigenvalue weighted by atomic mass is 35.5. The van der Waals surface area contributed by atoms with Crippen molar-refractivity contribution in [3.05, 3.63) is 29.8 Å². The first-order chi connectivity index (χ1) is 9.39. The fourth-order valence-electron chi connectivity index (χ4n) is 2.14. The molecule has 0 saturated carbocycles. The molecule has 0 spiro atoms. The summed E-state index contributed by atoms with van der Waals surface area (Å²) in [6, 6.07) is 7.81. The van der Waals surface area contributed by atoms with E-state index >= 15 is 0 Å². The van der Waals surface area contributed by atoms with Crippen LogP contribution in [0.3, 0.4) is 0 Å². The average molecular weight is 315 g/mol. The number of nitrogens with zero attached hydrogens (tertiary/aromatic N) is 1. The highest BCUT2D eigenvalue weighted by Crippen LogP contribution is 2.20. The Balaban J connectivity index is 0.00000400. The molecule has 1 rings (SSSR count). The molecule has 0 bridgehead atoms. The van der Waals surface area contributed by atoms with Gasteiger partial charge >= 0.3 is 0 Å². The van der Waals surface area contributed by atoms with Crippen LogP contribution in [0.4, 0.5) is 0 Å². The lowest BCUT2D eigenvalue weighted by molar-refractivity contribution is -0.131. The largest absolute Gasteiger partial charge is 0.496 e. The number of halogens is 1. The second-order valence-corrected chi connectivity index (χ2v) is 5.93. The van der Waals surface area contributed by atoms with E-state index in [4.69, 9.17) is 10.5 Å². The third-order valence-corrected chi connectivity index (χ3v) is 3.44. The van der Waals surface area contributed by atoms with Crippen LogP contribution in [0, 0.1) is 5.41 Å². The Hall–Kier alpha value is -1.26. The van der Waals surface area contributed by atoms with E-state index in [2.05, 4.69) is 13.8 Å². The highest BCUT2D eigenvalue weighted by molar-refractivity contribution is 5.85. The summed E-state index contributed by atoms with van der Waals surface area (Å²) in [7, 11) is 3.48. The van der Waals surface area contributed by atoms with Crippen molar-refractivity contribution in [1.82, 2.24) is 4.90 Å². The van der Waals surface area contributed by atoms with Crippen molar-refractivity contribution in [1.29, 1.82) is 0 Å². The fourth-order valence-corrected chi connectivity index (χ4v) is 2.14. The Labute approximate surface area is 134 Å². The minimum Gasteiger partial charge on any atom is -0.496 e. The van der Waals surface area contributed by atoms with Gasteiger partial charge in [0.2, 0.25) is 5.91 Å².